The summed E-state index contributed by atoms with van der Waals surface area (Å²) in [6.45, 7) is 4.49. The molecule has 0 aliphatic carbocycles. The van der Waals surface area contributed by atoms with E-state index in [0.29, 0.717) is 25.6 Å². The molecule has 1 saturated heterocycles. The fraction of sp³-hybridized carbons (Fsp3) is 0.917. The summed E-state index contributed by atoms with van der Waals surface area (Å²) in [7, 11) is 1.66. The monoisotopic (exact) mass is 245 g/mol. The van der Waals surface area contributed by atoms with E-state index in [9.17, 15) is 4.79 Å². The van der Waals surface area contributed by atoms with Crippen LogP contribution < -0.4 is 5.32 Å². The van der Waals surface area contributed by atoms with Crippen LogP contribution in [0.2, 0.25) is 0 Å². The average molecular weight is 245 g/mol. The van der Waals surface area contributed by atoms with Gasteiger partial charge < -0.3 is 19.9 Å². The van der Waals surface area contributed by atoms with E-state index in [4.69, 9.17) is 14.6 Å². The van der Waals surface area contributed by atoms with Crippen molar-refractivity contribution in [2.75, 3.05) is 33.5 Å². The van der Waals surface area contributed by atoms with Crippen molar-refractivity contribution in [3.8, 4) is 0 Å². The number of likely N-dealkylation sites (N-methyl/N-ethyl adjacent to an activating group) is 1. The van der Waals surface area contributed by atoms with Gasteiger partial charge >= 0.3 is 5.97 Å². The van der Waals surface area contributed by atoms with Crippen LogP contribution in [0.25, 0.3) is 0 Å². The van der Waals surface area contributed by atoms with E-state index in [-0.39, 0.29) is 0 Å². The average Bonchev–Trinajstić information content (AvgIpc) is 2.35. The lowest BCUT2D eigenvalue weighted by atomic mass is 9.99. The van der Waals surface area contributed by atoms with Gasteiger partial charge in [0.25, 0.3) is 0 Å². The van der Waals surface area contributed by atoms with Gasteiger partial charge in [-0.1, -0.05) is 0 Å². The second-order valence-corrected chi connectivity index (χ2v) is 4.77. The molecule has 0 radical (unpaired) electrons. The number of rotatable bonds is 7. The van der Waals surface area contributed by atoms with Crippen LogP contribution in [-0.4, -0.2) is 50.1 Å². The molecular formula is C12H23NO4. The largest absolute Gasteiger partial charge is 0.480 e. The Morgan fingerprint density at radius 2 is 2.18 bits per heavy atom. The molecule has 0 saturated carbocycles. The van der Waals surface area contributed by atoms with Gasteiger partial charge in [0, 0.05) is 26.4 Å². The minimum absolute atomic E-state index is 0.473. The normalized spacial score (nSPS) is 21.1. The van der Waals surface area contributed by atoms with Crippen molar-refractivity contribution in [2.24, 2.45) is 5.92 Å². The smallest absolute Gasteiger partial charge is 0.323 e. The summed E-state index contributed by atoms with van der Waals surface area (Å²) in [6, 6.07) is 0. The molecule has 1 rings (SSSR count). The van der Waals surface area contributed by atoms with Gasteiger partial charge in [-0.15, -0.1) is 0 Å². The lowest BCUT2D eigenvalue weighted by molar-refractivity contribution is -0.144. The van der Waals surface area contributed by atoms with Gasteiger partial charge in [-0.25, -0.2) is 0 Å². The first-order chi connectivity index (χ1) is 8.08. The molecule has 0 aromatic rings. The topological polar surface area (TPSA) is 67.8 Å². The molecule has 0 bridgehead atoms. The summed E-state index contributed by atoms with van der Waals surface area (Å²) >= 11 is 0. The molecular weight excluding hydrogens is 222 g/mol. The maximum Gasteiger partial charge on any atom is 0.323 e. The van der Waals surface area contributed by atoms with Crippen LogP contribution in [-0.2, 0) is 14.3 Å². The first-order valence-corrected chi connectivity index (χ1v) is 6.16. The van der Waals surface area contributed by atoms with Crippen LogP contribution in [0.1, 0.15) is 26.2 Å². The van der Waals surface area contributed by atoms with Crippen LogP contribution in [0.15, 0.2) is 0 Å². The molecule has 5 heteroatoms. The number of aliphatic carboxylic acids is 1. The molecule has 100 valence electrons. The van der Waals surface area contributed by atoms with Gasteiger partial charge in [0.05, 0.1) is 0 Å². The van der Waals surface area contributed by atoms with Crippen LogP contribution >= 0.6 is 0 Å². The predicted molar refractivity (Wildman–Crippen MR) is 64.1 cm³/mol. The van der Waals surface area contributed by atoms with Gasteiger partial charge in [0.1, 0.15) is 5.54 Å². The van der Waals surface area contributed by atoms with Gasteiger partial charge in [-0.05, 0) is 39.2 Å². The zero-order chi connectivity index (χ0) is 12.7. The molecule has 1 aliphatic rings. The molecule has 0 aromatic carbocycles. The standard InChI is InChI=1S/C12H23NO4/c1-12(13-2,11(14)15)5-8-17-9-10-3-6-16-7-4-10/h10,13H,3-9H2,1-2H3,(H,14,15). The van der Waals surface area contributed by atoms with E-state index in [1.165, 1.54) is 0 Å². The molecule has 2 N–H and O–H groups in total. The van der Waals surface area contributed by atoms with Crippen molar-refractivity contribution in [1.82, 2.24) is 5.32 Å². The van der Waals surface area contributed by atoms with Crippen molar-refractivity contribution in [1.29, 1.82) is 0 Å². The molecule has 0 amide bonds. The Morgan fingerprint density at radius 1 is 1.53 bits per heavy atom. The highest BCUT2D eigenvalue weighted by molar-refractivity contribution is 5.78. The minimum Gasteiger partial charge on any atom is -0.480 e. The van der Waals surface area contributed by atoms with E-state index in [2.05, 4.69) is 5.32 Å². The highest BCUT2D eigenvalue weighted by Gasteiger charge is 2.30. The minimum atomic E-state index is -0.893. The van der Waals surface area contributed by atoms with Crippen molar-refractivity contribution >= 4 is 5.97 Å². The number of ether oxygens (including phenoxy) is 2. The summed E-state index contributed by atoms with van der Waals surface area (Å²) < 4.78 is 10.8. The fourth-order valence-corrected chi connectivity index (χ4v) is 1.78. The zero-order valence-corrected chi connectivity index (χ0v) is 10.7. The second kappa shape index (κ2) is 6.93. The third kappa shape index (κ3) is 4.61. The zero-order valence-electron chi connectivity index (χ0n) is 10.7. The van der Waals surface area contributed by atoms with E-state index in [0.717, 1.165) is 26.1 Å². The number of hydrogen-bond donors (Lipinski definition) is 2. The van der Waals surface area contributed by atoms with Gasteiger partial charge in [-0.2, -0.15) is 0 Å². The van der Waals surface area contributed by atoms with Gasteiger partial charge in [0.2, 0.25) is 0 Å². The molecule has 1 unspecified atom stereocenters. The van der Waals surface area contributed by atoms with Gasteiger partial charge in [0.15, 0.2) is 0 Å². The van der Waals surface area contributed by atoms with E-state index in [1.807, 2.05) is 0 Å². The summed E-state index contributed by atoms with van der Waals surface area (Å²) in [5, 5.41) is 11.9. The van der Waals surface area contributed by atoms with Crippen molar-refractivity contribution < 1.29 is 19.4 Å². The predicted octanol–water partition coefficient (Wildman–Crippen LogP) is 0.882. The van der Waals surface area contributed by atoms with Crippen LogP contribution in [0, 0.1) is 5.92 Å². The van der Waals surface area contributed by atoms with Gasteiger partial charge in [-0.3, -0.25) is 4.79 Å². The molecule has 1 aliphatic heterocycles. The number of hydrogen-bond acceptors (Lipinski definition) is 4. The molecule has 17 heavy (non-hydrogen) atoms. The lowest BCUT2D eigenvalue weighted by Crippen LogP contribution is -2.48. The highest BCUT2D eigenvalue weighted by atomic mass is 16.5. The Morgan fingerprint density at radius 3 is 2.71 bits per heavy atom. The summed E-state index contributed by atoms with van der Waals surface area (Å²) in [6.07, 6.45) is 2.56. The second-order valence-electron chi connectivity index (χ2n) is 4.77. The van der Waals surface area contributed by atoms with Crippen LogP contribution in [0.3, 0.4) is 0 Å². The van der Waals surface area contributed by atoms with Crippen molar-refractivity contribution in [2.45, 2.75) is 31.7 Å². The molecule has 1 atom stereocenters. The van der Waals surface area contributed by atoms with Crippen LogP contribution in [0.5, 0.6) is 0 Å². The quantitative estimate of drug-likeness (QED) is 0.652. The maximum absolute atomic E-state index is 11.0. The van der Waals surface area contributed by atoms with E-state index >= 15 is 0 Å². The third-order valence-electron chi connectivity index (χ3n) is 3.46. The Hall–Kier alpha value is -0.650. The number of nitrogens with one attached hydrogen (secondary N) is 1. The Balaban J connectivity index is 2.16. The van der Waals surface area contributed by atoms with E-state index < -0.39 is 11.5 Å². The number of carboxylic acid groups (broad SMARTS) is 1. The van der Waals surface area contributed by atoms with E-state index in [1.54, 1.807) is 14.0 Å². The molecule has 1 fully saturated rings. The molecule has 1 heterocycles. The Labute approximate surface area is 102 Å². The maximum atomic E-state index is 11.0. The molecule has 0 aromatic heterocycles. The Kier molecular flexibility index (Phi) is 5.88. The first kappa shape index (κ1) is 14.4. The highest BCUT2D eigenvalue weighted by Crippen LogP contribution is 2.15. The number of carboxylic acids is 1. The Bertz CT molecular complexity index is 241. The van der Waals surface area contributed by atoms with Crippen molar-refractivity contribution in [3.05, 3.63) is 0 Å². The first-order valence-electron chi connectivity index (χ1n) is 6.16. The molecule has 0 spiro atoms. The van der Waals surface area contributed by atoms with Crippen molar-refractivity contribution in [3.63, 3.8) is 0 Å². The fourth-order valence-electron chi connectivity index (χ4n) is 1.78. The number of carbonyl (C=O) groups is 1. The summed E-state index contributed by atoms with van der Waals surface area (Å²) in [5.41, 5.74) is -0.893. The third-order valence-corrected chi connectivity index (χ3v) is 3.46. The SMILES string of the molecule is CNC(C)(CCOCC1CCOCC1)C(=O)O. The summed E-state index contributed by atoms with van der Waals surface area (Å²) in [5.74, 6) is -0.274. The molecule has 5 nitrogen and oxygen atoms in total. The lowest BCUT2D eigenvalue weighted by Gasteiger charge is -2.25. The van der Waals surface area contributed by atoms with Crippen LogP contribution in [0.4, 0.5) is 0 Å². The summed E-state index contributed by atoms with van der Waals surface area (Å²) in [4.78, 5) is 11.0.